The van der Waals surface area contributed by atoms with Crippen LogP contribution >= 0.6 is 15.9 Å². The SMILES string of the molecule is CC(C)(O)Cn1ncc(Br)c1C(F)(F)F. The smallest absolute Gasteiger partial charge is 0.389 e. The molecular formula is C8H10BrF3N2O. The van der Waals surface area contributed by atoms with Crippen molar-refractivity contribution in [3.05, 3.63) is 16.4 Å². The first-order valence-electron chi connectivity index (χ1n) is 4.12. The normalized spacial score (nSPS) is 13.3. The number of halogens is 4. The lowest BCUT2D eigenvalue weighted by Crippen LogP contribution is -2.29. The van der Waals surface area contributed by atoms with E-state index in [1.807, 2.05) is 0 Å². The van der Waals surface area contributed by atoms with E-state index in [1.54, 1.807) is 0 Å². The molecular weight excluding hydrogens is 277 g/mol. The molecule has 1 N–H and O–H groups in total. The van der Waals surface area contributed by atoms with Gasteiger partial charge in [-0.2, -0.15) is 18.3 Å². The third-order valence-electron chi connectivity index (χ3n) is 1.60. The monoisotopic (exact) mass is 286 g/mol. The fourth-order valence-electron chi connectivity index (χ4n) is 1.13. The quantitative estimate of drug-likeness (QED) is 0.907. The van der Waals surface area contributed by atoms with Crippen LogP contribution in [-0.2, 0) is 12.7 Å². The molecule has 86 valence electrons. The van der Waals surface area contributed by atoms with Crippen LogP contribution in [0.2, 0.25) is 0 Å². The maximum atomic E-state index is 12.5. The van der Waals surface area contributed by atoms with E-state index in [9.17, 15) is 18.3 Å². The Balaban J connectivity index is 3.10. The third kappa shape index (κ3) is 3.20. The van der Waals surface area contributed by atoms with Crippen molar-refractivity contribution in [3.63, 3.8) is 0 Å². The van der Waals surface area contributed by atoms with Gasteiger partial charge in [0.1, 0.15) is 0 Å². The third-order valence-corrected chi connectivity index (χ3v) is 2.18. The Bertz CT molecular complexity index is 354. The summed E-state index contributed by atoms with van der Waals surface area (Å²) in [5.41, 5.74) is -2.13. The van der Waals surface area contributed by atoms with E-state index < -0.39 is 17.5 Å². The van der Waals surface area contributed by atoms with Gasteiger partial charge >= 0.3 is 6.18 Å². The van der Waals surface area contributed by atoms with Crippen molar-refractivity contribution in [2.75, 3.05) is 0 Å². The van der Waals surface area contributed by atoms with E-state index in [0.717, 1.165) is 10.9 Å². The van der Waals surface area contributed by atoms with Crippen LogP contribution in [0.4, 0.5) is 13.2 Å². The molecule has 0 aliphatic carbocycles. The maximum Gasteiger partial charge on any atom is 0.434 e. The Labute approximate surface area is 93.0 Å². The topological polar surface area (TPSA) is 38.0 Å². The number of rotatable bonds is 2. The van der Waals surface area contributed by atoms with Crippen molar-refractivity contribution < 1.29 is 18.3 Å². The fraction of sp³-hybridized carbons (Fsp3) is 0.625. The molecule has 0 amide bonds. The van der Waals surface area contributed by atoms with Crippen molar-refractivity contribution in [2.24, 2.45) is 0 Å². The minimum absolute atomic E-state index is 0.126. The van der Waals surface area contributed by atoms with Gasteiger partial charge in [0.2, 0.25) is 0 Å². The van der Waals surface area contributed by atoms with Crippen molar-refractivity contribution in [1.82, 2.24) is 9.78 Å². The van der Waals surface area contributed by atoms with Gasteiger partial charge in [0.25, 0.3) is 0 Å². The van der Waals surface area contributed by atoms with Crippen LogP contribution in [0.1, 0.15) is 19.5 Å². The van der Waals surface area contributed by atoms with Crippen LogP contribution in [0.15, 0.2) is 10.7 Å². The van der Waals surface area contributed by atoms with Gasteiger partial charge < -0.3 is 5.11 Å². The number of nitrogens with zero attached hydrogens (tertiary/aromatic N) is 2. The Morgan fingerprint density at radius 3 is 2.40 bits per heavy atom. The lowest BCUT2D eigenvalue weighted by molar-refractivity contribution is -0.145. The van der Waals surface area contributed by atoms with E-state index in [0.29, 0.717) is 0 Å². The second kappa shape index (κ2) is 3.79. The molecule has 0 atom stereocenters. The molecule has 0 aliphatic heterocycles. The molecule has 1 heterocycles. The van der Waals surface area contributed by atoms with Gasteiger partial charge in [-0.1, -0.05) is 0 Å². The summed E-state index contributed by atoms with van der Waals surface area (Å²) >= 11 is 2.78. The zero-order valence-electron chi connectivity index (χ0n) is 8.14. The highest BCUT2D eigenvalue weighted by Gasteiger charge is 2.38. The summed E-state index contributed by atoms with van der Waals surface area (Å²) in [7, 11) is 0. The average molecular weight is 287 g/mol. The molecule has 0 radical (unpaired) electrons. The zero-order valence-corrected chi connectivity index (χ0v) is 9.72. The summed E-state index contributed by atoms with van der Waals surface area (Å²) in [5.74, 6) is 0. The standard InChI is InChI=1S/C8H10BrF3N2O/c1-7(2,15)4-14-6(8(10,11)12)5(9)3-13-14/h3,15H,4H2,1-2H3. The van der Waals surface area contributed by atoms with Crippen LogP contribution in [0, 0.1) is 0 Å². The largest absolute Gasteiger partial charge is 0.434 e. The van der Waals surface area contributed by atoms with E-state index in [1.165, 1.54) is 13.8 Å². The molecule has 0 fully saturated rings. The highest BCUT2D eigenvalue weighted by molar-refractivity contribution is 9.10. The minimum Gasteiger partial charge on any atom is -0.389 e. The number of hydrogen-bond acceptors (Lipinski definition) is 2. The molecule has 15 heavy (non-hydrogen) atoms. The van der Waals surface area contributed by atoms with Gasteiger partial charge in [0.15, 0.2) is 5.69 Å². The summed E-state index contributed by atoms with van der Waals surface area (Å²) < 4.78 is 38.3. The van der Waals surface area contributed by atoms with E-state index in [-0.39, 0.29) is 11.0 Å². The second-order valence-corrected chi connectivity index (χ2v) is 4.66. The first-order chi connectivity index (χ1) is 6.61. The molecule has 0 aromatic carbocycles. The van der Waals surface area contributed by atoms with Gasteiger partial charge in [-0.15, -0.1) is 0 Å². The Morgan fingerprint density at radius 1 is 1.47 bits per heavy atom. The van der Waals surface area contributed by atoms with Crippen LogP contribution < -0.4 is 0 Å². The zero-order chi connectivity index (χ0) is 11.9. The van der Waals surface area contributed by atoms with Gasteiger partial charge in [0, 0.05) is 0 Å². The molecule has 0 spiro atoms. The van der Waals surface area contributed by atoms with Crippen molar-refractivity contribution in [3.8, 4) is 0 Å². The number of hydrogen-bond donors (Lipinski definition) is 1. The van der Waals surface area contributed by atoms with Crippen molar-refractivity contribution in [2.45, 2.75) is 32.2 Å². The fourth-order valence-corrected chi connectivity index (χ4v) is 1.65. The molecule has 3 nitrogen and oxygen atoms in total. The molecule has 1 aromatic heterocycles. The summed E-state index contributed by atoms with van der Waals surface area (Å²) in [4.78, 5) is 0. The summed E-state index contributed by atoms with van der Waals surface area (Å²) in [6, 6.07) is 0. The first kappa shape index (κ1) is 12.5. The van der Waals surface area contributed by atoms with Gasteiger partial charge in [-0.25, -0.2) is 0 Å². The molecule has 0 saturated heterocycles. The van der Waals surface area contributed by atoms with Gasteiger partial charge in [0.05, 0.1) is 22.8 Å². The predicted octanol–water partition coefficient (Wildman–Crippen LogP) is 2.44. The van der Waals surface area contributed by atoms with E-state index in [4.69, 9.17) is 0 Å². The van der Waals surface area contributed by atoms with Crippen LogP contribution in [0.3, 0.4) is 0 Å². The highest BCUT2D eigenvalue weighted by atomic mass is 79.9. The number of aliphatic hydroxyl groups is 1. The Hall–Kier alpha value is -0.560. The molecule has 0 saturated carbocycles. The molecule has 1 rings (SSSR count). The van der Waals surface area contributed by atoms with E-state index >= 15 is 0 Å². The lowest BCUT2D eigenvalue weighted by atomic mass is 10.1. The number of alkyl halides is 3. The lowest BCUT2D eigenvalue weighted by Gasteiger charge is -2.19. The predicted molar refractivity (Wildman–Crippen MR) is 51.2 cm³/mol. The highest BCUT2D eigenvalue weighted by Crippen LogP contribution is 2.35. The molecule has 0 aliphatic rings. The number of aromatic nitrogens is 2. The van der Waals surface area contributed by atoms with Crippen LogP contribution in [0.5, 0.6) is 0 Å². The maximum absolute atomic E-state index is 12.5. The first-order valence-corrected chi connectivity index (χ1v) is 4.91. The summed E-state index contributed by atoms with van der Waals surface area (Å²) in [5, 5.41) is 13.0. The summed E-state index contributed by atoms with van der Waals surface area (Å²) in [6.45, 7) is 2.62. The molecule has 0 unspecified atom stereocenters. The van der Waals surface area contributed by atoms with Gasteiger partial charge in [-0.05, 0) is 29.8 Å². The van der Waals surface area contributed by atoms with Crippen molar-refractivity contribution in [1.29, 1.82) is 0 Å². The van der Waals surface area contributed by atoms with Crippen molar-refractivity contribution >= 4 is 15.9 Å². The Morgan fingerprint density at radius 2 is 2.00 bits per heavy atom. The Kier molecular flexibility index (Phi) is 3.16. The average Bonchev–Trinajstić information content (AvgIpc) is 2.25. The van der Waals surface area contributed by atoms with Crippen LogP contribution in [0.25, 0.3) is 0 Å². The summed E-state index contributed by atoms with van der Waals surface area (Å²) in [6.07, 6.45) is -3.42. The molecule has 0 bridgehead atoms. The van der Waals surface area contributed by atoms with E-state index in [2.05, 4.69) is 21.0 Å². The molecule has 7 heteroatoms. The minimum atomic E-state index is -4.49. The molecule has 1 aromatic rings. The second-order valence-electron chi connectivity index (χ2n) is 3.81. The van der Waals surface area contributed by atoms with Gasteiger partial charge in [-0.3, -0.25) is 4.68 Å². The van der Waals surface area contributed by atoms with Crippen LogP contribution in [-0.4, -0.2) is 20.5 Å².